The quantitative estimate of drug-likeness (QED) is 0.559. The van der Waals surface area contributed by atoms with Crippen LogP contribution in [0, 0.1) is 17.2 Å². The van der Waals surface area contributed by atoms with Gasteiger partial charge in [0.25, 0.3) is 5.91 Å². The van der Waals surface area contributed by atoms with E-state index >= 15 is 0 Å². The maximum absolute atomic E-state index is 12.8. The first-order valence-electron chi connectivity index (χ1n) is 12.4. The number of amides is 2. The molecule has 0 bridgehead atoms. The summed E-state index contributed by atoms with van der Waals surface area (Å²) >= 11 is 0. The zero-order valence-electron chi connectivity index (χ0n) is 21.2. The lowest BCUT2D eigenvalue weighted by atomic mass is 9.94. The molecule has 0 N–H and O–H groups in total. The molecule has 2 aromatic rings. The summed E-state index contributed by atoms with van der Waals surface area (Å²) in [4.78, 5) is 31.1. The molecule has 1 aliphatic rings. The molecule has 2 aromatic carbocycles. The van der Waals surface area contributed by atoms with Gasteiger partial charge in [-0.05, 0) is 55.2 Å². The lowest BCUT2D eigenvalue weighted by molar-refractivity contribution is 0.0624. The van der Waals surface area contributed by atoms with Gasteiger partial charge in [-0.3, -0.25) is 9.69 Å². The number of hydrogen-bond donors (Lipinski definition) is 0. The van der Waals surface area contributed by atoms with Crippen molar-refractivity contribution in [1.82, 2.24) is 14.7 Å². The predicted molar refractivity (Wildman–Crippen MR) is 136 cm³/mol. The Kier molecular flexibility index (Phi) is 9.27. The molecule has 7 nitrogen and oxygen atoms in total. The van der Waals surface area contributed by atoms with Crippen molar-refractivity contribution in [3.05, 3.63) is 70.8 Å². The molecule has 3 rings (SSSR count). The van der Waals surface area contributed by atoms with E-state index in [9.17, 15) is 14.9 Å². The zero-order valence-corrected chi connectivity index (χ0v) is 21.2. The molecule has 7 heteroatoms. The van der Waals surface area contributed by atoms with E-state index in [4.69, 9.17) is 4.74 Å². The number of nitrogens with zero attached hydrogens (tertiary/aromatic N) is 4. The minimum Gasteiger partial charge on any atom is -0.449 e. The zero-order chi connectivity index (χ0) is 25.4. The van der Waals surface area contributed by atoms with Crippen LogP contribution in [0.25, 0.3) is 0 Å². The summed E-state index contributed by atoms with van der Waals surface area (Å²) in [5, 5.41) is 9.44. The van der Waals surface area contributed by atoms with Crippen molar-refractivity contribution in [2.24, 2.45) is 5.92 Å². The normalized spacial score (nSPS) is 14.9. The fraction of sp³-hybridized carbons (Fsp3) is 0.464. The first-order chi connectivity index (χ1) is 16.9. The second-order valence-corrected chi connectivity index (χ2v) is 9.23. The van der Waals surface area contributed by atoms with Crippen molar-refractivity contribution >= 4 is 12.0 Å². The number of nitriles is 1. The van der Waals surface area contributed by atoms with Gasteiger partial charge in [0, 0.05) is 44.8 Å². The highest BCUT2D eigenvalue weighted by Crippen LogP contribution is 2.31. The summed E-state index contributed by atoms with van der Waals surface area (Å²) in [5.41, 5.74) is 3.34. The molecule has 1 aliphatic heterocycles. The number of benzene rings is 2. The van der Waals surface area contributed by atoms with Gasteiger partial charge in [-0.2, -0.15) is 5.26 Å². The topological polar surface area (TPSA) is 76.9 Å². The molecule has 2 amide bonds. The Morgan fingerprint density at radius 2 is 1.66 bits per heavy atom. The maximum Gasteiger partial charge on any atom is 0.409 e. The minimum atomic E-state index is -0.263. The molecule has 0 aliphatic carbocycles. The fourth-order valence-electron chi connectivity index (χ4n) is 4.39. The maximum atomic E-state index is 12.8. The first kappa shape index (κ1) is 26.2. The molecule has 0 spiro atoms. The second-order valence-electron chi connectivity index (χ2n) is 9.23. The van der Waals surface area contributed by atoms with E-state index < -0.39 is 0 Å². The molecule has 1 unspecified atom stereocenters. The van der Waals surface area contributed by atoms with E-state index in [1.807, 2.05) is 70.2 Å². The Labute approximate surface area is 208 Å². The van der Waals surface area contributed by atoms with Crippen LogP contribution >= 0.6 is 0 Å². The molecule has 0 aromatic heterocycles. The van der Waals surface area contributed by atoms with E-state index in [2.05, 4.69) is 11.0 Å². The van der Waals surface area contributed by atoms with Gasteiger partial charge in [0.2, 0.25) is 0 Å². The Balaban J connectivity index is 1.83. The molecule has 1 saturated heterocycles. The van der Waals surface area contributed by atoms with E-state index in [1.54, 1.807) is 15.9 Å². The van der Waals surface area contributed by atoms with E-state index in [1.165, 1.54) is 0 Å². The Morgan fingerprint density at radius 3 is 2.23 bits per heavy atom. The van der Waals surface area contributed by atoms with Crippen LogP contribution in [0.3, 0.4) is 0 Å². The molecule has 0 radical (unpaired) electrons. The van der Waals surface area contributed by atoms with Crippen LogP contribution in [0.1, 0.15) is 60.8 Å². The smallest absolute Gasteiger partial charge is 0.409 e. The van der Waals surface area contributed by atoms with Crippen molar-refractivity contribution in [3.8, 4) is 6.07 Å². The number of piperazine rings is 1. The van der Waals surface area contributed by atoms with Crippen LogP contribution in [0.2, 0.25) is 0 Å². The summed E-state index contributed by atoms with van der Waals surface area (Å²) < 4.78 is 5.41. The third-order valence-electron chi connectivity index (χ3n) is 6.33. The molecule has 0 saturated carbocycles. The van der Waals surface area contributed by atoms with Gasteiger partial charge in [-0.25, -0.2) is 4.79 Å². The number of ether oxygens (including phenoxy) is 1. The van der Waals surface area contributed by atoms with Crippen molar-refractivity contribution in [2.75, 3.05) is 45.9 Å². The average Bonchev–Trinajstić information content (AvgIpc) is 2.89. The predicted octanol–water partition coefficient (Wildman–Crippen LogP) is 4.54. The Hall–Kier alpha value is -3.37. The summed E-state index contributed by atoms with van der Waals surface area (Å²) in [5.74, 6) is 0.326. The van der Waals surface area contributed by atoms with Gasteiger partial charge in [0.15, 0.2) is 0 Å². The SMILES string of the molecule is CCN(CC)C(=O)c1ccc(C(c2cccc(C#N)c2)N2CCN(C(=O)OCC(C)C)CC2)cc1. The van der Waals surface area contributed by atoms with Crippen molar-refractivity contribution in [1.29, 1.82) is 5.26 Å². The summed E-state index contributed by atoms with van der Waals surface area (Å²) in [6, 6.07) is 17.6. The van der Waals surface area contributed by atoms with Crippen LogP contribution in [0.4, 0.5) is 4.79 Å². The largest absolute Gasteiger partial charge is 0.449 e. The molecule has 1 heterocycles. The molecule has 186 valence electrons. The highest BCUT2D eigenvalue weighted by molar-refractivity contribution is 5.94. The number of carbonyl (C=O) groups is 2. The van der Waals surface area contributed by atoms with Gasteiger partial charge < -0.3 is 14.5 Å². The van der Waals surface area contributed by atoms with Crippen molar-refractivity contribution in [2.45, 2.75) is 33.7 Å². The number of carbonyl (C=O) groups excluding carboxylic acids is 2. The standard InChI is InChI=1S/C28H36N4O3/c1-5-30(6-2)27(33)24-12-10-23(11-13-24)26(25-9-7-8-22(18-25)19-29)31-14-16-32(17-15-31)28(34)35-20-21(3)4/h7-13,18,21,26H,5-6,14-17,20H2,1-4H3. The monoisotopic (exact) mass is 476 g/mol. The third-order valence-corrected chi connectivity index (χ3v) is 6.33. The third kappa shape index (κ3) is 6.61. The van der Waals surface area contributed by atoms with Gasteiger partial charge in [-0.15, -0.1) is 0 Å². The van der Waals surface area contributed by atoms with E-state index in [0.29, 0.717) is 62.9 Å². The highest BCUT2D eigenvalue weighted by atomic mass is 16.6. The van der Waals surface area contributed by atoms with Gasteiger partial charge in [-0.1, -0.05) is 38.1 Å². The van der Waals surface area contributed by atoms with Crippen molar-refractivity contribution < 1.29 is 14.3 Å². The summed E-state index contributed by atoms with van der Waals surface area (Å²) in [6.45, 7) is 12.3. The fourth-order valence-corrected chi connectivity index (χ4v) is 4.39. The molecule has 35 heavy (non-hydrogen) atoms. The Morgan fingerprint density at radius 1 is 1.00 bits per heavy atom. The summed E-state index contributed by atoms with van der Waals surface area (Å²) in [7, 11) is 0. The van der Waals surface area contributed by atoms with Crippen LogP contribution in [-0.4, -0.2) is 72.6 Å². The average molecular weight is 477 g/mol. The summed E-state index contributed by atoms with van der Waals surface area (Å²) in [6.07, 6.45) is -0.263. The molecule has 1 fully saturated rings. The van der Waals surface area contributed by atoms with Crippen LogP contribution in [0.5, 0.6) is 0 Å². The molecule has 1 atom stereocenters. The van der Waals surface area contributed by atoms with E-state index in [0.717, 1.165) is 11.1 Å². The van der Waals surface area contributed by atoms with Gasteiger partial charge in [0.1, 0.15) is 0 Å². The first-order valence-corrected chi connectivity index (χ1v) is 12.4. The minimum absolute atomic E-state index is 0.0260. The number of rotatable bonds is 8. The lowest BCUT2D eigenvalue weighted by Gasteiger charge is -2.39. The second kappa shape index (κ2) is 12.4. The highest BCUT2D eigenvalue weighted by Gasteiger charge is 2.29. The molecular formula is C28H36N4O3. The molecular weight excluding hydrogens is 440 g/mol. The van der Waals surface area contributed by atoms with Gasteiger partial charge >= 0.3 is 6.09 Å². The Bertz CT molecular complexity index is 1030. The van der Waals surface area contributed by atoms with Crippen molar-refractivity contribution in [3.63, 3.8) is 0 Å². The van der Waals surface area contributed by atoms with Crippen LogP contribution in [-0.2, 0) is 4.74 Å². The lowest BCUT2D eigenvalue weighted by Crippen LogP contribution is -2.50. The number of hydrogen-bond acceptors (Lipinski definition) is 5. The van der Waals surface area contributed by atoms with Gasteiger partial charge in [0.05, 0.1) is 24.3 Å². The van der Waals surface area contributed by atoms with Crippen LogP contribution in [0.15, 0.2) is 48.5 Å². The van der Waals surface area contributed by atoms with Crippen LogP contribution < -0.4 is 0 Å². The van der Waals surface area contributed by atoms with E-state index in [-0.39, 0.29) is 18.0 Å².